The summed E-state index contributed by atoms with van der Waals surface area (Å²) in [5, 5.41) is 19.9. The molecule has 5 heteroatoms. The number of aromatic nitrogens is 2. The summed E-state index contributed by atoms with van der Waals surface area (Å²) in [6, 6.07) is 4.09. The average Bonchev–Trinajstić information content (AvgIpc) is 2.77. The zero-order valence-electron chi connectivity index (χ0n) is 9.18. The van der Waals surface area contributed by atoms with E-state index in [0.717, 1.165) is 19.3 Å². The number of ether oxygens (including phenoxy) is 1. The lowest BCUT2D eigenvalue weighted by Gasteiger charge is -2.13. The van der Waals surface area contributed by atoms with Crippen LogP contribution in [0.15, 0.2) is 12.3 Å². The van der Waals surface area contributed by atoms with E-state index < -0.39 is 0 Å². The normalized spacial score (nSPS) is 24.0. The number of methoxy groups -OCH3 is 1. The van der Waals surface area contributed by atoms with Gasteiger partial charge in [-0.15, -0.1) is 5.10 Å². The molecule has 1 aliphatic carbocycles. The Bertz CT molecular complexity index is 401. The van der Waals surface area contributed by atoms with Gasteiger partial charge in [-0.1, -0.05) is 0 Å². The fraction of sp³-hybridized carbons (Fsp3) is 0.545. The van der Waals surface area contributed by atoms with Gasteiger partial charge >= 0.3 is 0 Å². The second kappa shape index (κ2) is 4.90. The van der Waals surface area contributed by atoms with Gasteiger partial charge in [0, 0.05) is 13.2 Å². The summed E-state index contributed by atoms with van der Waals surface area (Å²) in [5.41, 5.74) is 0.538. The van der Waals surface area contributed by atoms with Crippen molar-refractivity contribution < 1.29 is 4.74 Å². The fourth-order valence-electron chi connectivity index (χ4n) is 2.01. The maximum Gasteiger partial charge on any atom is 0.166 e. The lowest BCUT2D eigenvalue weighted by molar-refractivity contribution is 0.108. The molecule has 5 nitrogen and oxygen atoms in total. The van der Waals surface area contributed by atoms with E-state index in [1.165, 1.54) is 6.20 Å². The molecule has 0 amide bonds. The molecule has 1 heterocycles. The second-order valence-electron chi connectivity index (χ2n) is 3.92. The molecule has 1 fully saturated rings. The van der Waals surface area contributed by atoms with Gasteiger partial charge in [0.05, 0.1) is 17.9 Å². The van der Waals surface area contributed by atoms with Gasteiger partial charge in [-0.05, 0) is 25.3 Å². The molecule has 0 aromatic carbocycles. The van der Waals surface area contributed by atoms with E-state index in [4.69, 9.17) is 10.00 Å². The van der Waals surface area contributed by atoms with Crippen molar-refractivity contribution in [3.05, 3.63) is 17.8 Å². The van der Waals surface area contributed by atoms with Gasteiger partial charge < -0.3 is 10.1 Å². The quantitative estimate of drug-likeness (QED) is 0.828. The third-order valence-electron chi connectivity index (χ3n) is 2.90. The van der Waals surface area contributed by atoms with E-state index in [1.807, 2.05) is 0 Å². The summed E-state index contributed by atoms with van der Waals surface area (Å²) in [5.74, 6) is 0.576. The minimum atomic E-state index is 0.319. The Kier molecular flexibility index (Phi) is 3.32. The molecule has 1 aromatic rings. The minimum absolute atomic E-state index is 0.319. The Hall–Kier alpha value is -1.67. The van der Waals surface area contributed by atoms with Crippen LogP contribution in [-0.4, -0.2) is 29.5 Å². The number of hydrogen-bond donors (Lipinski definition) is 1. The Morgan fingerprint density at radius 2 is 2.44 bits per heavy atom. The summed E-state index contributed by atoms with van der Waals surface area (Å²) in [6.45, 7) is 0. The minimum Gasteiger partial charge on any atom is -0.381 e. The number of hydrogen-bond acceptors (Lipinski definition) is 5. The zero-order chi connectivity index (χ0) is 11.4. The summed E-state index contributed by atoms with van der Waals surface area (Å²) >= 11 is 0. The summed E-state index contributed by atoms with van der Waals surface area (Å²) in [7, 11) is 1.73. The fourth-order valence-corrected chi connectivity index (χ4v) is 2.01. The first-order valence-corrected chi connectivity index (χ1v) is 5.34. The molecule has 84 valence electrons. The highest BCUT2D eigenvalue weighted by molar-refractivity contribution is 5.50. The highest BCUT2D eigenvalue weighted by Crippen LogP contribution is 2.24. The number of nitrogens with zero attached hydrogens (tertiary/aromatic N) is 3. The highest BCUT2D eigenvalue weighted by Gasteiger charge is 2.25. The summed E-state index contributed by atoms with van der Waals surface area (Å²) < 4.78 is 5.29. The topological polar surface area (TPSA) is 70.8 Å². The Morgan fingerprint density at radius 1 is 1.56 bits per heavy atom. The largest absolute Gasteiger partial charge is 0.381 e. The molecule has 1 saturated carbocycles. The van der Waals surface area contributed by atoms with Gasteiger partial charge in [0.15, 0.2) is 5.82 Å². The molecule has 2 rings (SSSR count). The lowest BCUT2D eigenvalue weighted by atomic mass is 10.2. The van der Waals surface area contributed by atoms with Crippen LogP contribution < -0.4 is 5.32 Å². The van der Waals surface area contributed by atoms with Gasteiger partial charge in [0.2, 0.25) is 0 Å². The van der Waals surface area contributed by atoms with Crippen LogP contribution in [-0.2, 0) is 4.74 Å². The van der Waals surface area contributed by atoms with Gasteiger partial charge in [0.1, 0.15) is 6.07 Å². The molecule has 0 saturated heterocycles. The number of rotatable bonds is 3. The maximum atomic E-state index is 8.91. The van der Waals surface area contributed by atoms with Gasteiger partial charge in [0.25, 0.3) is 0 Å². The molecule has 16 heavy (non-hydrogen) atoms. The maximum absolute atomic E-state index is 8.91. The van der Waals surface area contributed by atoms with Crippen LogP contribution in [0.2, 0.25) is 0 Å². The third kappa shape index (κ3) is 2.28. The van der Waals surface area contributed by atoms with Crippen molar-refractivity contribution in [1.29, 1.82) is 5.26 Å². The number of anilines is 1. The molecular formula is C11H14N4O. The molecule has 0 spiro atoms. The lowest BCUT2D eigenvalue weighted by Crippen LogP contribution is -2.19. The van der Waals surface area contributed by atoms with Crippen molar-refractivity contribution in [1.82, 2.24) is 10.2 Å². The molecule has 2 unspecified atom stereocenters. The van der Waals surface area contributed by atoms with Crippen molar-refractivity contribution in [3.8, 4) is 6.07 Å². The molecule has 0 aliphatic heterocycles. The van der Waals surface area contributed by atoms with Crippen LogP contribution in [0.4, 0.5) is 5.82 Å². The van der Waals surface area contributed by atoms with Crippen molar-refractivity contribution in [2.45, 2.75) is 31.4 Å². The van der Waals surface area contributed by atoms with Crippen LogP contribution in [0.25, 0.3) is 0 Å². The molecule has 0 bridgehead atoms. The Balaban J connectivity index is 2.02. The van der Waals surface area contributed by atoms with Crippen LogP contribution in [0.5, 0.6) is 0 Å². The van der Waals surface area contributed by atoms with Gasteiger partial charge in [-0.3, -0.25) is 0 Å². The molecule has 1 aromatic heterocycles. The average molecular weight is 218 g/mol. The molecular weight excluding hydrogens is 204 g/mol. The van der Waals surface area contributed by atoms with Crippen molar-refractivity contribution in [2.24, 2.45) is 0 Å². The van der Waals surface area contributed by atoms with Crippen molar-refractivity contribution in [3.63, 3.8) is 0 Å². The Morgan fingerprint density at radius 3 is 3.12 bits per heavy atom. The zero-order valence-corrected chi connectivity index (χ0v) is 9.18. The SMILES string of the molecule is COC1CCC(Nc2nnccc2C#N)C1. The molecule has 0 radical (unpaired) electrons. The highest BCUT2D eigenvalue weighted by atomic mass is 16.5. The van der Waals surface area contributed by atoms with E-state index in [9.17, 15) is 0 Å². The van der Waals surface area contributed by atoms with Gasteiger partial charge in [-0.2, -0.15) is 10.4 Å². The molecule has 1 aliphatic rings. The van der Waals surface area contributed by atoms with E-state index in [0.29, 0.717) is 23.5 Å². The van der Waals surface area contributed by atoms with Crippen molar-refractivity contribution in [2.75, 3.05) is 12.4 Å². The standard InChI is InChI=1S/C11H14N4O/c1-16-10-3-2-9(6-10)14-11-8(7-12)4-5-13-15-11/h4-5,9-10H,2-3,6H2,1H3,(H,14,15). The molecule has 1 N–H and O–H groups in total. The van der Waals surface area contributed by atoms with Crippen LogP contribution in [0.3, 0.4) is 0 Å². The van der Waals surface area contributed by atoms with Crippen molar-refractivity contribution >= 4 is 5.82 Å². The second-order valence-corrected chi connectivity index (χ2v) is 3.92. The first kappa shape index (κ1) is 10.8. The summed E-state index contributed by atoms with van der Waals surface area (Å²) in [6.07, 6.45) is 4.89. The van der Waals surface area contributed by atoms with Gasteiger partial charge in [-0.25, -0.2) is 0 Å². The third-order valence-corrected chi connectivity index (χ3v) is 2.90. The van der Waals surface area contributed by atoms with E-state index in [-0.39, 0.29) is 0 Å². The van der Waals surface area contributed by atoms with Crippen LogP contribution >= 0.6 is 0 Å². The predicted molar refractivity (Wildman–Crippen MR) is 58.8 cm³/mol. The van der Waals surface area contributed by atoms with Crippen LogP contribution in [0, 0.1) is 11.3 Å². The van der Waals surface area contributed by atoms with Crippen LogP contribution in [0.1, 0.15) is 24.8 Å². The molecule has 2 atom stereocenters. The Labute approximate surface area is 94.4 Å². The first-order chi connectivity index (χ1) is 7.83. The van der Waals surface area contributed by atoms with E-state index in [1.54, 1.807) is 13.2 Å². The monoisotopic (exact) mass is 218 g/mol. The number of nitrogens with one attached hydrogen (secondary N) is 1. The first-order valence-electron chi connectivity index (χ1n) is 5.34. The predicted octanol–water partition coefficient (Wildman–Crippen LogP) is 1.33. The van der Waals surface area contributed by atoms with E-state index in [2.05, 4.69) is 21.6 Å². The van der Waals surface area contributed by atoms with E-state index >= 15 is 0 Å². The smallest absolute Gasteiger partial charge is 0.166 e. The number of nitriles is 1. The summed E-state index contributed by atoms with van der Waals surface area (Å²) in [4.78, 5) is 0.